The van der Waals surface area contributed by atoms with E-state index in [1.165, 1.54) is 31.4 Å². The first-order valence-electron chi connectivity index (χ1n) is 5.39. The predicted molar refractivity (Wildman–Crippen MR) is 65.3 cm³/mol. The highest BCUT2D eigenvalue weighted by atomic mass is 19.1. The fourth-order valence-electron chi connectivity index (χ4n) is 1.72. The molecule has 2 rings (SSSR count). The van der Waals surface area contributed by atoms with Gasteiger partial charge in [0.15, 0.2) is 0 Å². The summed E-state index contributed by atoms with van der Waals surface area (Å²) < 4.78 is 32.4. The highest BCUT2D eigenvalue weighted by molar-refractivity contribution is 5.88. The summed E-state index contributed by atoms with van der Waals surface area (Å²) in [5.74, 6) is -2.54. The van der Waals surface area contributed by atoms with Crippen molar-refractivity contribution in [1.29, 1.82) is 0 Å². The third kappa shape index (κ3) is 2.54. The molecule has 2 aromatic rings. The van der Waals surface area contributed by atoms with Gasteiger partial charge in [-0.1, -0.05) is 12.1 Å². The molecule has 0 aliphatic rings. The van der Waals surface area contributed by atoms with Crippen LogP contribution < -0.4 is 4.74 Å². The van der Waals surface area contributed by atoms with Gasteiger partial charge in [-0.2, -0.15) is 0 Å². The van der Waals surface area contributed by atoms with Crippen LogP contribution in [0.4, 0.5) is 8.78 Å². The zero-order valence-corrected chi connectivity index (χ0v) is 9.98. The van der Waals surface area contributed by atoms with Gasteiger partial charge >= 0.3 is 5.97 Å². The van der Waals surface area contributed by atoms with Crippen LogP contribution in [-0.4, -0.2) is 18.2 Å². The fourth-order valence-corrected chi connectivity index (χ4v) is 1.72. The summed E-state index contributed by atoms with van der Waals surface area (Å²) in [6.07, 6.45) is 0. The maximum atomic E-state index is 13.8. The lowest BCUT2D eigenvalue weighted by Crippen LogP contribution is -1.97. The first-order valence-corrected chi connectivity index (χ1v) is 5.39. The number of hydrogen-bond acceptors (Lipinski definition) is 2. The van der Waals surface area contributed by atoms with E-state index in [0.29, 0.717) is 0 Å². The molecule has 0 aliphatic carbocycles. The van der Waals surface area contributed by atoms with E-state index in [9.17, 15) is 13.6 Å². The van der Waals surface area contributed by atoms with Gasteiger partial charge in [-0.3, -0.25) is 0 Å². The summed E-state index contributed by atoms with van der Waals surface area (Å²) >= 11 is 0. The largest absolute Gasteiger partial charge is 0.497 e. The van der Waals surface area contributed by atoms with Gasteiger partial charge in [0.05, 0.1) is 18.2 Å². The van der Waals surface area contributed by atoms with Crippen molar-refractivity contribution in [3.05, 3.63) is 53.6 Å². The molecular weight excluding hydrogens is 254 g/mol. The molecule has 0 radical (unpaired) electrons. The van der Waals surface area contributed by atoms with Gasteiger partial charge in [0, 0.05) is 12.1 Å². The Kier molecular flexibility index (Phi) is 3.46. The highest BCUT2D eigenvalue weighted by Gasteiger charge is 2.14. The Morgan fingerprint density at radius 3 is 2.05 bits per heavy atom. The number of carboxylic acid groups (broad SMARTS) is 1. The molecule has 0 aromatic heterocycles. The molecule has 0 spiro atoms. The first-order chi connectivity index (χ1) is 9.02. The smallest absolute Gasteiger partial charge is 0.335 e. The first kappa shape index (κ1) is 13.0. The van der Waals surface area contributed by atoms with Gasteiger partial charge in [-0.25, -0.2) is 13.6 Å². The number of halogens is 2. The van der Waals surface area contributed by atoms with Crippen molar-refractivity contribution in [2.75, 3.05) is 7.11 Å². The van der Waals surface area contributed by atoms with E-state index in [-0.39, 0.29) is 22.4 Å². The van der Waals surface area contributed by atoms with Crippen LogP contribution in [0.1, 0.15) is 10.4 Å². The topological polar surface area (TPSA) is 46.5 Å². The van der Waals surface area contributed by atoms with Crippen molar-refractivity contribution in [3.63, 3.8) is 0 Å². The molecular formula is C14H10F2O3. The number of hydrogen-bond donors (Lipinski definition) is 1. The van der Waals surface area contributed by atoms with Crippen LogP contribution in [0.15, 0.2) is 36.4 Å². The molecule has 0 aliphatic heterocycles. The summed E-state index contributed by atoms with van der Waals surface area (Å²) in [6.45, 7) is 0. The van der Waals surface area contributed by atoms with E-state index in [2.05, 4.69) is 0 Å². The number of carboxylic acids is 1. The number of carbonyl (C=O) groups is 1. The van der Waals surface area contributed by atoms with E-state index < -0.39 is 17.6 Å². The third-order valence-electron chi connectivity index (χ3n) is 2.67. The summed E-state index contributed by atoms with van der Waals surface area (Å²) in [4.78, 5) is 10.7. The second kappa shape index (κ2) is 5.06. The number of rotatable bonds is 3. The fraction of sp³-hybridized carbons (Fsp3) is 0.0714. The molecule has 0 saturated heterocycles. The van der Waals surface area contributed by atoms with Crippen LogP contribution >= 0.6 is 0 Å². The van der Waals surface area contributed by atoms with Gasteiger partial charge in [0.1, 0.15) is 17.4 Å². The van der Waals surface area contributed by atoms with Gasteiger partial charge < -0.3 is 9.84 Å². The Bertz CT molecular complexity index is 598. The number of ether oxygens (including phenoxy) is 1. The van der Waals surface area contributed by atoms with Crippen LogP contribution in [0.5, 0.6) is 5.75 Å². The zero-order valence-electron chi connectivity index (χ0n) is 9.98. The monoisotopic (exact) mass is 264 g/mol. The van der Waals surface area contributed by atoms with Crippen LogP contribution in [0.25, 0.3) is 11.1 Å². The second-order valence-corrected chi connectivity index (χ2v) is 3.85. The molecule has 0 unspecified atom stereocenters. The van der Waals surface area contributed by atoms with Crippen molar-refractivity contribution < 1.29 is 23.4 Å². The van der Waals surface area contributed by atoms with Crippen LogP contribution in [0.3, 0.4) is 0 Å². The summed E-state index contributed by atoms with van der Waals surface area (Å²) in [5, 5.41) is 8.76. The molecule has 1 N–H and O–H groups in total. The maximum absolute atomic E-state index is 13.8. The molecule has 2 aromatic carbocycles. The summed E-state index contributed by atoms with van der Waals surface area (Å²) in [7, 11) is 1.32. The van der Waals surface area contributed by atoms with E-state index in [1.54, 1.807) is 0 Å². The molecule has 3 nitrogen and oxygen atoms in total. The molecule has 0 amide bonds. The maximum Gasteiger partial charge on any atom is 0.335 e. The zero-order chi connectivity index (χ0) is 14.0. The molecule has 5 heteroatoms. The summed E-state index contributed by atoms with van der Waals surface area (Å²) in [5.41, 5.74) is 0.110. The van der Waals surface area contributed by atoms with Crippen LogP contribution in [0.2, 0.25) is 0 Å². The summed E-state index contributed by atoms with van der Waals surface area (Å²) in [6, 6.07) is 7.45. The Morgan fingerprint density at radius 2 is 1.63 bits per heavy atom. The van der Waals surface area contributed by atoms with Crippen molar-refractivity contribution in [2.24, 2.45) is 0 Å². The minimum Gasteiger partial charge on any atom is -0.497 e. The van der Waals surface area contributed by atoms with E-state index >= 15 is 0 Å². The number of methoxy groups -OCH3 is 1. The lowest BCUT2D eigenvalue weighted by atomic mass is 10.0. The molecule has 0 atom stereocenters. The Balaban J connectivity index is 2.50. The van der Waals surface area contributed by atoms with E-state index in [0.717, 1.165) is 12.1 Å². The van der Waals surface area contributed by atoms with Gasteiger partial charge in [-0.15, -0.1) is 0 Å². The number of aromatic carboxylic acids is 1. The van der Waals surface area contributed by atoms with Gasteiger partial charge in [0.25, 0.3) is 0 Å². The normalized spacial score (nSPS) is 10.3. The lowest BCUT2D eigenvalue weighted by Gasteiger charge is -2.08. The molecule has 0 heterocycles. The second-order valence-electron chi connectivity index (χ2n) is 3.85. The molecule has 0 bridgehead atoms. The van der Waals surface area contributed by atoms with E-state index in [1.807, 2.05) is 0 Å². The van der Waals surface area contributed by atoms with E-state index in [4.69, 9.17) is 9.84 Å². The average molecular weight is 264 g/mol. The lowest BCUT2D eigenvalue weighted by molar-refractivity contribution is 0.0697. The predicted octanol–water partition coefficient (Wildman–Crippen LogP) is 3.34. The van der Waals surface area contributed by atoms with Crippen molar-refractivity contribution in [1.82, 2.24) is 0 Å². The van der Waals surface area contributed by atoms with Crippen molar-refractivity contribution >= 4 is 5.97 Å². The number of benzene rings is 2. The van der Waals surface area contributed by atoms with Gasteiger partial charge in [-0.05, 0) is 17.7 Å². The Morgan fingerprint density at radius 1 is 1.11 bits per heavy atom. The molecule has 19 heavy (non-hydrogen) atoms. The van der Waals surface area contributed by atoms with Crippen LogP contribution in [-0.2, 0) is 0 Å². The van der Waals surface area contributed by atoms with Crippen LogP contribution in [0, 0.1) is 11.6 Å². The molecule has 0 fully saturated rings. The Hall–Kier alpha value is -2.43. The molecule has 0 saturated carbocycles. The minimum atomic E-state index is -1.10. The van der Waals surface area contributed by atoms with Crippen molar-refractivity contribution in [2.45, 2.75) is 0 Å². The third-order valence-corrected chi connectivity index (χ3v) is 2.67. The van der Waals surface area contributed by atoms with Gasteiger partial charge in [0.2, 0.25) is 0 Å². The minimum absolute atomic E-state index is 0.0538. The molecule has 98 valence electrons. The highest BCUT2D eigenvalue weighted by Crippen LogP contribution is 2.29. The Labute approximate surface area is 108 Å². The standard InChI is InChI=1S/C14H10F2O3/c1-19-10-6-11(15)13(12(16)7-10)8-2-4-9(5-3-8)14(17)18/h2-7H,1H3,(H,17,18). The SMILES string of the molecule is COc1cc(F)c(-c2ccc(C(=O)O)cc2)c(F)c1. The average Bonchev–Trinajstić information content (AvgIpc) is 2.38. The van der Waals surface area contributed by atoms with Crippen molar-refractivity contribution in [3.8, 4) is 16.9 Å². The quantitative estimate of drug-likeness (QED) is 0.924.